The van der Waals surface area contributed by atoms with Crippen LogP contribution in [-0.2, 0) is 4.79 Å². The molecule has 2 rings (SSSR count). The van der Waals surface area contributed by atoms with Crippen molar-refractivity contribution >= 4 is 50.9 Å². The van der Waals surface area contributed by atoms with Crippen molar-refractivity contribution in [1.29, 1.82) is 0 Å². The highest BCUT2D eigenvalue weighted by Gasteiger charge is 2.13. The van der Waals surface area contributed by atoms with Crippen LogP contribution in [0.25, 0.3) is 10.9 Å². The second-order valence-electron chi connectivity index (χ2n) is 4.08. The fraction of sp³-hybridized carbons (Fsp3) is 0.154. The number of aromatic nitrogens is 1. The molecular weight excluding hydrogens is 287 g/mol. The number of nitrogens with zero attached hydrogens (tertiary/aromatic N) is 1. The lowest BCUT2D eigenvalue weighted by Gasteiger charge is -2.10. The normalized spacial score (nSPS) is 10.5. The van der Waals surface area contributed by atoms with Crippen molar-refractivity contribution in [2.24, 2.45) is 0 Å². The molecule has 4 nitrogen and oxygen atoms in total. The van der Waals surface area contributed by atoms with Crippen LogP contribution in [0.15, 0.2) is 18.2 Å². The second kappa shape index (κ2) is 5.15. The summed E-state index contributed by atoms with van der Waals surface area (Å²) in [5.74, 6) is -0.243. The number of amides is 1. The summed E-state index contributed by atoms with van der Waals surface area (Å²) in [5, 5.41) is 3.21. The topological polar surface area (TPSA) is 59.1 Å². The first kappa shape index (κ1) is 13.8. The molecule has 0 fully saturated rings. The molecule has 0 unspecified atom stereocenters. The van der Waals surface area contributed by atoms with Gasteiger partial charge in [0.2, 0.25) is 5.91 Å². The smallest absolute Gasteiger partial charge is 0.270 e. The number of rotatable bonds is 2. The van der Waals surface area contributed by atoms with Crippen LogP contribution in [0.2, 0.25) is 5.02 Å². The Morgan fingerprint density at radius 2 is 2.00 bits per heavy atom. The first-order chi connectivity index (χ1) is 8.90. The van der Waals surface area contributed by atoms with E-state index in [0.717, 1.165) is 5.56 Å². The minimum absolute atomic E-state index is 0.0725. The Morgan fingerprint density at radius 3 is 2.58 bits per heavy atom. The van der Waals surface area contributed by atoms with E-state index in [0.29, 0.717) is 21.6 Å². The van der Waals surface area contributed by atoms with E-state index in [1.165, 1.54) is 13.0 Å². The van der Waals surface area contributed by atoms with Gasteiger partial charge < -0.3 is 5.32 Å². The number of pyridine rings is 1. The molecule has 0 aliphatic carbocycles. The second-order valence-corrected chi connectivity index (χ2v) is 4.83. The Morgan fingerprint density at radius 1 is 1.32 bits per heavy atom. The van der Waals surface area contributed by atoms with Gasteiger partial charge >= 0.3 is 0 Å². The Hall–Kier alpha value is -1.65. The molecule has 0 spiro atoms. The van der Waals surface area contributed by atoms with E-state index >= 15 is 0 Å². The van der Waals surface area contributed by atoms with Crippen LogP contribution in [0, 0.1) is 6.92 Å². The lowest BCUT2D eigenvalue weighted by molar-refractivity contribution is -0.114. The maximum absolute atomic E-state index is 11.3. The lowest BCUT2D eigenvalue weighted by atomic mass is 10.1. The van der Waals surface area contributed by atoms with Crippen molar-refractivity contribution in [2.75, 3.05) is 5.32 Å². The summed E-state index contributed by atoms with van der Waals surface area (Å²) in [5.41, 5.74) is 1.83. The van der Waals surface area contributed by atoms with E-state index < -0.39 is 5.24 Å². The summed E-state index contributed by atoms with van der Waals surface area (Å²) < 4.78 is 0. The predicted molar refractivity (Wildman–Crippen MR) is 76.0 cm³/mol. The molecule has 0 saturated carbocycles. The molecule has 0 saturated heterocycles. The molecule has 1 aromatic heterocycles. The third kappa shape index (κ3) is 2.69. The number of benzene rings is 1. The number of hydrogen-bond acceptors (Lipinski definition) is 3. The van der Waals surface area contributed by atoms with Gasteiger partial charge in [0.05, 0.1) is 11.2 Å². The number of hydrogen-bond donors (Lipinski definition) is 1. The van der Waals surface area contributed by atoms with Gasteiger partial charge in [0, 0.05) is 17.3 Å². The summed E-state index contributed by atoms with van der Waals surface area (Å²) >= 11 is 11.5. The van der Waals surface area contributed by atoms with Gasteiger partial charge in [-0.15, -0.1) is 0 Å². The Balaban J connectivity index is 2.81. The van der Waals surface area contributed by atoms with Crippen molar-refractivity contribution in [3.05, 3.63) is 34.5 Å². The molecule has 0 atom stereocenters. The Bertz CT molecular complexity index is 699. The molecule has 2 aromatic rings. The lowest BCUT2D eigenvalue weighted by Crippen LogP contribution is -2.08. The summed E-state index contributed by atoms with van der Waals surface area (Å²) in [7, 11) is 0. The fourth-order valence-electron chi connectivity index (χ4n) is 1.80. The van der Waals surface area contributed by atoms with Crippen LogP contribution in [0.5, 0.6) is 0 Å². The average molecular weight is 297 g/mol. The van der Waals surface area contributed by atoms with Crippen molar-refractivity contribution in [2.45, 2.75) is 13.8 Å². The maximum Gasteiger partial charge on any atom is 0.270 e. The van der Waals surface area contributed by atoms with Crippen LogP contribution < -0.4 is 5.32 Å². The maximum atomic E-state index is 11.3. The van der Waals surface area contributed by atoms with E-state index in [1.807, 2.05) is 0 Å². The third-order valence-corrected chi connectivity index (χ3v) is 3.28. The molecule has 1 aromatic carbocycles. The molecule has 0 aliphatic rings. The highest BCUT2D eigenvalue weighted by Crippen LogP contribution is 2.30. The van der Waals surface area contributed by atoms with Crippen LogP contribution in [0.1, 0.15) is 23.0 Å². The molecule has 1 amide bonds. The van der Waals surface area contributed by atoms with E-state index in [4.69, 9.17) is 23.2 Å². The highest BCUT2D eigenvalue weighted by atomic mass is 35.5. The Kier molecular flexibility index (Phi) is 3.73. The van der Waals surface area contributed by atoms with E-state index in [1.54, 1.807) is 19.1 Å². The molecule has 0 radical (unpaired) electrons. The number of aryl methyl sites for hydroxylation is 1. The number of fused-ring (bicyclic) bond motifs is 1. The van der Waals surface area contributed by atoms with Gasteiger partial charge in [0.1, 0.15) is 5.69 Å². The number of nitrogens with one attached hydrogen (secondary N) is 1. The number of carbonyl (C=O) groups excluding carboxylic acids is 2. The van der Waals surface area contributed by atoms with Crippen LogP contribution in [0.3, 0.4) is 0 Å². The van der Waals surface area contributed by atoms with Gasteiger partial charge in [-0.1, -0.05) is 11.6 Å². The number of halogens is 2. The van der Waals surface area contributed by atoms with Crippen LogP contribution >= 0.6 is 23.2 Å². The molecule has 0 aliphatic heterocycles. The van der Waals surface area contributed by atoms with Crippen molar-refractivity contribution in [3.8, 4) is 0 Å². The minimum Gasteiger partial charge on any atom is -0.326 e. The van der Waals surface area contributed by atoms with Crippen LogP contribution in [-0.4, -0.2) is 16.1 Å². The first-order valence-electron chi connectivity index (χ1n) is 5.47. The molecule has 6 heteroatoms. The first-order valence-corrected chi connectivity index (χ1v) is 6.23. The zero-order valence-electron chi connectivity index (χ0n) is 10.3. The monoisotopic (exact) mass is 296 g/mol. The van der Waals surface area contributed by atoms with Crippen molar-refractivity contribution < 1.29 is 9.59 Å². The van der Waals surface area contributed by atoms with Crippen molar-refractivity contribution in [3.63, 3.8) is 0 Å². The fourth-order valence-corrected chi connectivity index (χ4v) is 2.05. The van der Waals surface area contributed by atoms with Gasteiger partial charge in [0.25, 0.3) is 5.24 Å². The summed E-state index contributed by atoms with van der Waals surface area (Å²) in [6.07, 6.45) is 0. The van der Waals surface area contributed by atoms with E-state index in [2.05, 4.69) is 10.3 Å². The summed E-state index contributed by atoms with van der Waals surface area (Å²) in [4.78, 5) is 26.7. The standard InChI is InChI=1S/C13H10Cl2N2O2/c1-6-9(14)4-3-8-10(16-7(2)18)5-11(13(15)19)17-12(6)8/h3-5H,1-2H3,(H,16,17,18). The van der Waals surface area contributed by atoms with E-state index in [9.17, 15) is 9.59 Å². The largest absolute Gasteiger partial charge is 0.326 e. The molecule has 1 heterocycles. The van der Waals surface area contributed by atoms with E-state index in [-0.39, 0.29) is 11.6 Å². The molecule has 98 valence electrons. The number of carbonyl (C=O) groups is 2. The molecular formula is C13H10Cl2N2O2. The summed E-state index contributed by atoms with van der Waals surface area (Å²) in [6, 6.07) is 4.91. The Labute approximate surface area is 119 Å². The van der Waals surface area contributed by atoms with Gasteiger partial charge in [0.15, 0.2) is 0 Å². The van der Waals surface area contributed by atoms with Gasteiger partial charge in [-0.05, 0) is 42.3 Å². The van der Waals surface area contributed by atoms with Gasteiger partial charge in [-0.3, -0.25) is 9.59 Å². The quantitative estimate of drug-likeness (QED) is 0.863. The zero-order chi connectivity index (χ0) is 14.2. The van der Waals surface area contributed by atoms with Gasteiger partial charge in [-0.25, -0.2) is 4.98 Å². The SMILES string of the molecule is CC(=O)Nc1cc(C(=O)Cl)nc2c(C)c(Cl)ccc12. The minimum atomic E-state index is -0.687. The number of anilines is 1. The molecule has 1 N–H and O–H groups in total. The third-order valence-electron chi connectivity index (χ3n) is 2.68. The average Bonchev–Trinajstić information content (AvgIpc) is 2.33. The molecule has 0 bridgehead atoms. The van der Waals surface area contributed by atoms with Crippen LogP contribution in [0.4, 0.5) is 5.69 Å². The zero-order valence-corrected chi connectivity index (χ0v) is 11.8. The predicted octanol–water partition coefficient (Wildman–Crippen LogP) is 3.53. The molecule has 19 heavy (non-hydrogen) atoms. The highest BCUT2D eigenvalue weighted by molar-refractivity contribution is 6.67. The summed E-state index contributed by atoms with van der Waals surface area (Å²) in [6.45, 7) is 3.18. The van der Waals surface area contributed by atoms with Crippen molar-refractivity contribution in [1.82, 2.24) is 4.98 Å². The van der Waals surface area contributed by atoms with Gasteiger partial charge in [-0.2, -0.15) is 0 Å².